The number of rotatable bonds is 7. The summed E-state index contributed by atoms with van der Waals surface area (Å²) in [7, 11) is 1.55. The second-order valence-corrected chi connectivity index (χ2v) is 5.66. The van der Waals surface area contributed by atoms with Crippen molar-refractivity contribution in [1.82, 2.24) is 5.32 Å². The Hall–Kier alpha value is -1.20. The molecule has 1 aromatic rings. The van der Waals surface area contributed by atoms with Crippen LogP contribution in [0.4, 0.5) is 8.78 Å². The van der Waals surface area contributed by atoms with Crippen molar-refractivity contribution < 1.29 is 18.3 Å². The minimum atomic E-state index is -2.45. The summed E-state index contributed by atoms with van der Waals surface area (Å²) >= 11 is 0. The van der Waals surface area contributed by atoms with Crippen LogP contribution >= 0.6 is 0 Å². The van der Waals surface area contributed by atoms with Crippen molar-refractivity contribution >= 4 is 0 Å². The van der Waals surface area contributed by atoms with E-state index in [1.165, 1.54) is 0 Å². The van der Waals surface area contributed by atoms with Crippen molar-refractivity contribution in [3.63, 3.8) is 0 Å². The number of benzene rings is 1. The minimum Gasteiger partial charge on any atom is -0.496 e. The summed E-state index contributed by atoms with van der Waals surface area (Å²) in [6.45, 7) is 6.52. The standard InChI is InChI=1S/C15H23F2NO2/c1-15(2,3)18-8-11-5-6-13(19-4)12(7-11)9-20-10-14(16)17/h5-7,14,18H,8-10H2,1-4H3. The highest BCUT2D eigenvalue weighted by Crippen LogP contribution is 2.21. The molecule has 0 aliphatic carbocycles. The molecular weight excluding hydrogens is 264 g/mol. The molecule has 0 saturated carbocycles. The van der Waals surface area contributed by atoms with Gasteiger partial charge in [0, 0.05) is 17.6 Å². The van der Waals surface area contributed by atoms with E-state index in [1.54, 1.807) is 7.11 Å². The van der Waals surface area contributed by atoms with Crippen molar-refractivity contribution in [1.29, 1.82) is 0 Å². The first-order valence-electron chi connectivity index (χ1n) is 6.58. The van der Waals surface area contributed by atoms with E-state index in [0.717, 1.165) is 11.1 Å². The van der Waals surface area contributed by atoms with E-state index >= 15 is 0 Å². The van der Waals surface area contributed by atoms with Gasteiger partial charge in [-0.1, -0.05) is 6.07 Å². The molecule has 0 aliphatic rings. The third kappa shape index (κ3) is 6.30. The first-order valence-corrected chi connectivity index (χ1v) is 6.58. The van der Waals surface area contributed by atoms with E-state index in [9.17, 15) is 8.78 Å². The monoisotopic (exact) mass is 287 g/mol. The summed E-state index contributed by atoms with van der Waals surface area (Å²) in [6, 6.07) is 5.71. The Balaban J connectivity index is 2.70. The maximum absolute atomic E-state index is 12.1. The van der Waals surface area contributed by atoms with Gasteiger partial charge >= 0.3 is 0 Å². The Bertz CT molecular complexity index is 417. The zero-order valence-corrected chi connectivity index (χ0v) is 12.5. The molecule has 0 atom stereocenters. The van der Waals surface area contributed by atoms with Gasteiger partial charge in [-0.05, 0) is 38.5 Å². The molecule has 0 heterocycles. The van der Waals surface area contributed by atoms with Crippen LogP contribution in [0.2, 0.25) is 0 Å². The third-order valence-electron chi connectivity index (χ3n) is 2.67. The molecule has 0 fully saturated rings. The fourth-order valence-corrected chi connectivity index (χ4v) is 1.68. The van der Waals surface area contributed by atoms with Gasteiger partial charge in [0.1, 0.15) is 12.4 Å². The first-order chi connectivity index (χ1) is 9.31. The number of methoxy groups -OCH3 is 1. The van der Waals surface area contributed by atoms with Crippen molar-refractivity contribution in [2.45, 2.75) is 45.9 Å². The van der Waals surface area contributed by atoms with Crippen LogP contribution < -0.4 is 10.1 Å². The quantitative estimate of drug-likeness (QED) is 0.834. The predicted octanol–water partition coefficient (Wildman–Crippen LogP) is 3.37. The average Bonchev–Trinajstić information content (AvgIpc) is 2.35. The summed E-state index contributed by atoms with van der Waals surface area (Å²) in [5.41, 5.74) is 1.87. The lowest BCUT2D eigenvalue weighted by atomic mass is 10.1. The van der Waals surface area contributed by atoms with Crippen molar-refractivity contribution in [3.05, 3.63) is 29.3 Å². The molecule has 5 heteroatoms. The molecule has 0 unspecified atom stereocenters. The Morgan fingerprint density at radius 3 is 2.50 bits per heavy atom. The molecule has 20 heavy (non-hydrogen) atoms. The summed E-state index contributed by atoms with van der Waals surface area (Å²) in [5.74, 6) is 0.652. The molecule has 0 aromatic heterocycles. The van der Waals surface area contributed by atoms with Gasteiger partial charge in [-0.25, -0.2) is 8.78 Å². The third-order valence-corrected chi connectivity index (χ3v) is 2.67. The van der Waals surface area contributed by atoms with Gasteiger partial charge in [0.25, 0.3) is 6.43 Å². The number of ether oxygens (including phenoxy) is 2. The summed E-state index contributed by atoms with van der Waals surface area (Å²) in [5, 5.41) is 3.38. The largest absolute Gasteiger partial charge is 0.496 e. The number of hydrogen-bond donors (Lipinski definition) is 1. The number of alkyl halides is 2. The zero-order chi connectivity index (χ0) is 15.2. The van der Waals surface area contributed by atoms with E-state index in [2.05, 4.69) is 26.1 Å². The highest BCUT2D eigenvalue weighted by Gasteiger charge is 2.11. The Labute approximate surface area is 119 Å². The normalized spacial score (nSPS) is 11.9. The minimum absolute atomic E-state index is 0.0201. The van der Waals surface area contributed by atoms with Crippen LogP contribution in [0.5, 0.6) is 5.75 Å². The summed E-state index contributed by atoms with van der Waals surface area (Å²) < 4.78 is 34.4. The van der Waals surface area contributed by atoms with Crippen LogP contribution in [0.3, 0.4) is 0 Å². The molecule has 0 saturated heterocycles. The molecule has 0 radical (unpaired) electrons. The fourth-order valence-electron chi connectivity index (χ4n) is 1.68. The van der Waals surface area contributed by atoms with Gasteiger partial charge in [0.15, 0.2) is 0 Å². The first kappa shape index (κ1) is 16.9. The van der Waals surface area contributed by atoms with Crippen molar-refractivity contribution in [3.8, 4) is 5.75 Å². The van der Waals surface area contributed by atoms with Gasteiger partial charge in [-0.15, -0.1) is 0 Å². The molecule has 1 rings (SSSR count). The van der Waals surface area contributed by atoms with Gasteiger partial charge in [-0.2, -0.15) is 0 Å². The maximum Gasteiger partial charge on any atom is 0.261 e. The summed E-state index contributed by atoms with van der Waals surface area (Å²) in [4.78, 5) is 0. The SMILES string of the molecule is COc1ccc(CNC(C)(C)C)cc1COCC(F)F. The van der Waals surface area contributed by atoms with Crippen LogP contribution in [0.15, 0.2) is 18.2 Å². The lowest BCUT2D eigenvalue weighted by Gasteiger charge is -2.21. The van der Waals surface area contributed by atoms with Gasteiger partial charge in [0.2, 0.25) is 0 Å². The van der Waals surface area contributed by atoms with Crippen LogP contribution in [-0.2, 0) is 17.9 Å². The molecule has 0 spiro atoms. The molecule has 0 amide bonds. The van der Waals surface area contributed by atoms with Crippen LogP contribution in [-0.4, -0.2) is 25.7 Å². The zero-order valence-electron chi connectivity index (χ0n) is 12.5. The number of nitrogens with one attached hydrogen (secondary N) is 1. The second-order valence-electron chi connectivity index (χ2n) is 5.66. The smallest absolute Gasteiger partial charge is 0.261 e. The lowest BCUT2D eigenvalue weighted by Crippen LogP contribution is -2.35. The van der Waals surface area contributed by atoms with E-state index in [1.807, 2.05) is 18.2 Å². The summed E-state index contributed by atoms with van der Waals surface area (Å²) in [6.07, 6.45) is -2.45. The van der Waals surface area contributed by atoms with Crippen LogP contribution in [0.25, 0.3) is 0 Å². The van der Waals surface area contributed by atoms with Gasteiger partial charge < -0.3 is 14.8 Å². The molecule has 3 nitrogen and oxygen atoms in total. The van der Waals surface area contributed by atoms with Crippen molar-refractivity contribution in [2.75, 3.05) is 13.7 Å². The van der Waals surface area contributed by atoms with E-state index in [-0.39, 0.29) is 12.1 Å². The Kier molecular flexibility index (Phi) is 6.36. The maximum atomic E-state index is 12.1. The number of hydrogen-bond acceptors (Lipinski definition) is 3. The highest BCUT2D eigenvalue weighted by atomic mass is 19.3. The topological polar surface area (TPSA) is 30.5 Å². The van der Waals surface area contributed by atoms with E-state index in [4.69, 9.17) is 9.47 Å². The van der Waals surface area contributed by atoms with E-state index < -0.39 is 13.0 Å². The van der Waals surface area contributed by atoms with E-state index in [0.29, 0.717) is 12.3 Å². The number of halogens is 2. The van der Waals surface area contributed by atoms with Crippen LogP contribution in [0, 0.1) is 0 Å². The van der Waals surface area contributed by atoms with Crippen LogP contribution in [0.1, 0.15) is 31.9 Å². The molecule has 0 bridgehead atoms. The molecule has 1 aromatic carbocycles. The average molecular weight is 287 g/mol. The van der Waals surface area contributed by atoms with Gasteiger partial charge in [-0.3, -0.25) is 0 Å². The molecular formula is C15H23F2NO2. The predicted molar refractivity (Wildman–Crippen MR) is 75.2 cm³/mol. The molecule has 114 valence electrons. The van der Waals surface area contributed by atoms with Gasteiger partial charge in [0.05, 0.1) is 13.7 Å². The fraction of sp³-hybridized carbons (Fsp3) is 0.600. The molecule has 1 N–H and O–H groups in total. The Morgan fingerprint density at radius 2 is 1.95 bits per heavy atom. The lowest BCUT2D eigenvalue weighted by molar-refractivity contribution is 0.00930. The van der Waals surface area contributed by atoms with Crippen molar-refractivity contribution in [2.24, 2.45) is 0 Å². The highest BCUT2D eigenvalue weighted by molar-refractivity contribution is 5.37. The molecule has 0 aliphatic heterocycles. The Morgan fingerprint density at radius 1 is 1.25 bits per heavy atom. The second kappa shape index (κ2) is 7.55.